The molecule has 2 aliphatic rings. The molecule has 3 rings (SSSR count). The zero-order valence-electron chi connectivity index (χ0n) is 15.3. The van der Waals surface area contributed by atoms with Gasteiger partial charge in [-0.1, -0.05) is 0 Å². The van der Waals surface area contributed by atoms with Crippen molar-refractivity contribution in [1.82, 2.24) is 12.9 Å². The molecule has 0 aliphatic carbocycles. The lowest BCUT2D eigenvalue weighted by Gasteiger charge is -2.39. The number of morpholine rings is 1. The van der Waals surface area contributed by atoms with Crippen LogP contribution in [0.25, 0.3) is 0 Å². The largest absolute Gasteiger partial charge is 0.373 e. The number of ether oxygens (including phenoxy) is 1. The Balaban J connectivity index is 1.68. The van der Waals surface area contributed by atoms with Crippen molar-refractivity contribution in [2.24, 2.45) is 0 Å². The average Bonchev–Trinajstić information content (AvgIpc) is 2.61. The van der Waals surface area contributed by atoms with Crippen LogP contribution in [-0.4, -0.2) is 81.2 Å². The van der Waals surface area contributed by atoms with Crippen LogP contribution in [0.5, 0.6) is 0 Å². The van der Waals surface area contributed by atoms with E-state index in [1.54, 1.807) is 0 Å². The molecule has 2 fully saturated rings. The standard InChI is InChI=1S/C16H24FN3O5S2/c1-13-11-20(12-14(2)25-13)27(23,24)19-9-7-18(8-10-19)26(21,22)16-5-3-15(17)4-6-16/h3-6,13-14H,7-12H2,1-2H3. The summed E-state index contributed by atoms with van der Waals surface area (Å²) >= 11 is 0. The van der Waals surface area contributed by atoms with Crippen LogP contribution in [0.4, 0.5) is 4.39 Å². The molecule has 152 valence electrons. The van der Waals surface area contributed by atoms with E-state index in [1.807, 2.05) is 13.8 Å². The van der Waals surface area contributed by atoms with Gasteiger partial charge in [-0.05, 0) is 38.1 Å². The Morgan fingerprint density at radius 2 is 1.33 bits per heavy atom. The van der Waals surface area contributed by atoms with Gasteiger partial charge in [0.2, 0.25) is 10.0 Å². The Hall–Kier alpha value is -1.11. The first kappa shape index (κ1) is 20.6. The van der Waals surface area contributed by atoms with E-state index in [9.17, 15) is 21.2 Å². The van der Waals surface area contributed by atoms with Gasteiger partial charge in [0.05, 0.1) is 17.1 Å². The van der Waals surface area contributed by atoms with Crippen molar-refractivity contribution in [2.75, 3.05) is 39.3 Å². The minimum absolute atomic E-state index is 0.00367. The van der Waals surface area contributed by atoms with E-state index in [4.69, 9.17) is 4.74 Å². The van der Waals surface area contributed by atoms with Gasteiger partial charge in [-0.25, -0.2) is 12.8 Å². The van der Waals surface area contributed by atoms with Crippen LogP contribution in [0.1, 0.15) is 13.8 Å². The predicted octanol–water partition coefficient (Wildman–Crippen LogP) is 0.486. The van der Waals surface area contributed by atoms with Crippen molar-refractivity contribution in [3.63, 3.8) is 0 Å². The molecular weight excluding hydrogens is 397 g/mol. The molecule has 0 saturated carbocycles. The monoisotopic (exact) mass is 421 g/mol. The predicted molar refractivity (Wildman–Crippen MR) is 97.2 cm³/mol. The van der Waals surface area contributed by atoms with Crippen molar-refractivity contribution in [1.29, 1.82) is 0 Å². The summed E-state index contributed by atoms with van der Waals surface area (Å²) in [4.78, 5) is -0.00367. The molecule has 2 aliphatic heterocycles. The highest BCUT2D eigenvalue weighted by atomic mass is 32.2. The summed E-state index contributed by atoms with van der Waals surface area (Å²) in [6.45, 7) is 4.45. The van der Waals surface area contributed by atoms with Crippen molar-refractivity contribution in [2.45, 2.75) is 31.0 Å². The third kappa shape index (κ3) is 4.33. The van der Waals surface area contributed by atoms with Crippen LogP contribution in [0.3, 0.4) is 0 Å². The molecule has 0 amide bonds. The Labute approximate surface area is 159 Å². The maximum absolute atomic E-state index is 13.0. The first-order valence-corrected chi connectivity index (χ1v) is 11.6. The topological polar surface area (TPSA) is 87.2 Å². The van der Waals surface area contributed by atoms with E-state index in [2.05, 4.69) is 0 Å². The van der Waals surface area contributed by atoms with Gasteiger partial charge in [0.25, 0.3) is 10.2 Å². The molecule has 1 aromatic carbocycles. The van der Waals surface area contributed by atoms with E-state index in [0.29, 0.717) is 0 Å². The summed E-state index contributed by atoms with van der Waals surface area (Å²) in [5, 5.41) is 0. The lowest BCUT2D eigenvalue weighted by atomic mass is 10.3. The number of hydrogen-bond donors (Lipinski definition) is 0. The van der Waals surface area contributed by atoms with Gasteiger partial charge >= 0.3 is 0 Å². The average molecular weight is 422 g/mol. The van der Waals surface area contributed by atoms with Crippen LogP contribution < -0.4 is 0 Å². The zero-order valence-corrected chi connectivity index (χ0v) is 16.9. The van der Waals surface area contributed by atoms with Crippen molar-refractivity contribution in [3.05, 3.63) is 30.1 Å². The second kappa shape index (κ2) is 7.72. The van der Waals surface area contributed by atoms with Gasteiger partial charge in [0.15, 0.2) is 0 Å². The highest BCUT2D eigenvalue weighted by Crippen LogP contribution is 2.22. The number of rotatable bonds is 4. The number of halogens is 1. The molecule has 8 nitrogen and oxygen atoms in total. The van der Waals surface area contributed by atoms with Gasteiger partial charge in [-0.3, -0.25) is 0 Å². The molecule has 0 bridgehead atoms. The minimum atomic E-state index is -3.78. The number of nitrogens with zero attached hydrogens (tertiary/aromatic N) is 3. The normalized spacial score (nSPS) is 26.9. The smallest absolute Gasteiger partial charge is 0.282 e. The maximum Gasteiger partial charge on any atom is 0.282 e. The molecule has 0 N–H and O–H groups in total. The molecule has 11 heteroatoms. The molecular formula is C16H24FN3O5S2. The van der Waals surface area contributed by atoms with Crippen molar-refractivity contribution in [3.8, 4) is 0 Å². The first-order valence-electron chi connectivity index (χ1n) is 8.77. The van der Waals surface area contributed by atoms with Gasteiger partial charge in [0, 0.05) is 39.3 Å². The maximum atomic E-state index is 13.0. The van der Waals surface area contributed by atoms with Crippen molar-refractivity contribution >= 4 is 20.2 Å². The minimum Gasteiger partial charge on any atom is -0.373 e. The van der Waals surface area contributed by atoms with E-state index in [0.717, 1.165) is 12.1 Å². The van der Waals surface area contributed by atoms with Gasteiger partial charge in [-0.15, -0.1) is 0 Å². The fourth-order valence-corrected chi connectivity index (χ4v) is 6.55. The van der Waals surface area contributed by atoms with Crippen LogP contribution in [-0.2, 0) is 25.0 Å². The van der Waals surface area contributed by atoms with Crippen LogP contribution in [0.15, 0.2) is 29.2 Å². The SMILES string of the molecule is CC1CN(S(=O)(=O)N2CCN(S(=O)(=O)c3ccc(F)cc3)CC2)CC(C)O1. The van der Waals surface area contributed by atoms with Gasteiger partial charge in [-0.2, -0.15) is 21.3 Å². The number of sulfonamides is 1. The Morgan fingerprint density at radius 1 is 0.852 bits per heavy atom. The molecule has 2 heterocycles. The second-order valence-corrected chi connectivity index (χ2v) is 10.7. The lowest BCUT2D eigenvalue weighted by molar-refractivity contribution is -0.0456. The van der Waals surface area contributed by atoms with Crippen LogP contribution in [0.2, 0.25) is 0 Å². The fourth-order valence-electron chi connectivity index (χ4n) is 3.38. The van der Waals surface area contributed by atoms with E-state index >= 15 is 0 Å². The third-order valence-corrected chi connectivity index (χ3v) is 8.57. The van der Waals surface area contributed by atoms with Crippen molar-refractivity contribution < 1.29 is 26.0 Å². The second-order valence-electron chi connectivity index (χ2n) is 6.84. The molecule has 0 spiro atoms. The zero-order chi connectivity index (χ0) is 19.8. The highest BCUT2D eigenvalue weighted by Gasteiger charge is 2.38. The van der Waals surface area contributed by atoms with Crippen LogP contribution >= 0.6 is 0 Å². The summed E-state index contributed by atoms with van der Waals surface area (Å²) in [7, 11) is -7.45. The molecule has 0 aromatic heterocycles. The summed E-state index contributed by atoms with van der Waals surface area (Å²) < 4.78 is 73.6. The molecule has 2 unspecified atom stereocenters. The molecule has 27 heavy (non-hydrogen) atoms. The molecule has 1 aromatic rings. The fraction of sp³-hybridized carbons (Fsp3) is 0.625. The van der Waals surface area contributed by atoms with E-state index in [-0.39, 0.29) is 56.4 Å². The third-order valence-electron chi connectivity index (χ3n) is 4.69. The highest BCUT2D eigenvalue weighted by molar-refractivity contribution is 7.89. The summed E-state index contributed by atoms with van der Waals surface area (Å²) in [5.74, 6) is -0.515. The van der Waals surface area contributed by atoms with E-state index in [1.165, 1.54) is 25.0 Å². The molecule has 0 radical (unpaired) electrons. The Morgan fingerprint density at radius 3 is 1.85 bits per heavy atom. The summed E-state index contributed by atoms with van der Waals surface area (Å²) in [5.41, 5.74) is 0. The summed E-state index contributed by atoms with van der Waals surface area (Å²) in [6, 6.07) is 4.61. The Kier molecular flexibility index (Phi) is 5.90. The van der Waals surface area contributed by atoms with Gasteiger partial charge in [0.1, 0.15) is 5.82 Å². The van der Waals surface area contributed by atoms with Crippen LogP contribution in [0, 0.1) is 5.82 Å². The molecule has 2 saturated heterocycles. The lowest BCUT2D eigenvalue weighted by Crippen LogP contribution is -2.57. The number of piperazine rings is 1. The molecule has 2 atom stereocenters. The summed E-state index contributed by atoms with van der Waals surface area (Å²) in [6.07, 6.45) is -0.382. The number of benzene rings is 1. The number of hydrogen-bond acceptors (Lipinski definition) is 5. The Bertz CT molecular complexity index is 858. The van der Waals surface area contributed by atoms with Gasteiger partial charge < -0.3 is 4.74 Å². The quantitative estimate of drug-likeness (QED) is 0.706. The van der Waals surface area contributed by atoms with E-state index < -0.39 is 26.0 Å². The first-order chi connectivity index (χ1) is 12.6.